The minimum absolute atomic E-state index is 0. The van der Waals surface area contributed by atoms with Crippen LogP contribution in [0.4, 0.5) is 22.0 Å². The van der Waals surface area contributed by atoms with E-state index in [4.69, 9.17) is 9.79 Å². The summed E-state index contributed by atoms with van der Waals surface area (Å²) in [6, 6.07) is 0. The first kappa shape index (κ1) is 19.0. The molecule has 0 saturated carbocycles. The molecule has 13 heavy (non-hydrogen) atoms. The van der Waals surface area contributed by atoms with Crippen molar-refractivity contribution in [3.8, 4) is 0 Å². The van der Waals surface area contributed by atoms with Gasteiger partial charge in [0.2, 0.25) is 0 Å². The van der Waals surface area contributed by atoms with E-state index in [1.54, 1.807) is 0 Å². The molecule has 0 aromatic heterocycles. The zero-order chi connectivity index (χ0) is 9.50. The quantitative estimate of drug-likeness (QED) is 0.568. The van der Waals surface area contributed by atoms with Crippen molar-refractivity contribution in [3.63, 3.8) is 0 Å². The average molecular weight is 273 g/mol. The summed E-state index contributed by atoms with van der Waals surface area (Å²) in [6.45, 7) is 0. The molecule has 11 heteroatoms. The lowest BCUT2D eigenvalue weighted by Crippen LogP contribution is -2.35. The summed E-state index contributed by atoms with van der Waals surface area (Å²) in [5, 5.41) is 0. The summed E-state index contributed by atoms with van der Waals surface area (Å²) in [5.74, 6) is 0. The highest BCUT2D eigenvalue weighted by atomic mass is 35.5. The predicted octanol–water partition coefficient (Wildman–Crippen LogP) is 2.16. The number of halogens is 7. The maximum absolute atomic E-state index is 11.5. The van der Waals surface area contributed by atoms with Gasteiger partial charge in [0.05, 0.1) is 0 Å². The first-order valence-corrected chi connectivity index (χ1v) is 3.61. The minimum Gasteiger partial charge on any atom is -0.320 e. The van der Waals surface area contributed by atoms with E-state index >= 15 is 0 Å². The zero-order valence-corrected chi connectivity index (χ0v) is 7.98. The van der Waals surface area contributed by atoms with Crippen molar-refractivity contribution in [3.05, 3.63) is 0 Å². The second kappa shape index (κ2) is 4.75. The van der Waals surface area contributed by atoms with Gasteiger partial charge in [-0.3, -0.25) is 4.57 Å². The predicted molar refractivity (Wildman–Crippen MR) is 37.5 cm³/mol. The first-order valence-electron chi connectivity index (χ1n) is 2.00. The lowest BCUT2D eigenvalue weighted by molar-refractivity contribution is -0.248. The molecule has 3 nitrogen and oxygen atoms in total. The summed E-state index contributed by atoms with van der Waals surface area (Å²) < 4.78 is 65.9. The lowest BCUT2D eigenvalue weighted by atomic mass is 10.7. The Hall–Kier alpha value is 0.380. The van der Waals surface area contributed by atoms with Crippen LogP contribution in [0.1, 0.15) is 0 Å². The SMILES string of the molecule is Cl.Cl.O=P(O)(O)C(F)(F)C(F)(F)F. The van der Waals surface area contributed by atoms with Crippen LogP contribution in [0.3, 0.4) is 0 Å². The van der Waals surface area contributed by atoms with Crippen LogP contribution in [-0.2, 0) is 4.57 Å². The molecule has 0 spiro atoms. The highest BCUT2D eigenvalue weighted by Gasteiger charge is 2.69. The van der Waals surface area contributed by atoms with Gasteiger partial charge < -0.3 is 9.79 Å². The van der Waals surface area contributed by atoms with Gasteiger partial charge in [0.25, 0.3) is 0 Å². The van der Waals surface area contributed by atoms with Crippen molar-refractivity contribution in [2.24, 2.45) is 0 Å². The third kappa shape index (κ3) is 3.95. The molecule has 0 heterocycles. The van der Waals surface area contributed by atoms with Crippen molar-refractivity contribution in [1.82, 2.24) is 0 Å². The van der Waals surface area contributed by atoms with Gasteiger partial charge in [0, 0.05) is 0 Å². The van der Waals surface area contributed by atoms with Gasteiger partial charge in [0.1, 0.15) is 0 Å². The third-order valence-corrected chi connectivity index (χ3v) is 1.69. The van der Waals surface area contributed by atoms with E-state index in [0.29, 0.717) is 0 Å². The number of alkyl halides is 5. The van der Waals surface area contributed by atoms with E-state index in [1.807, 2.05) is 0 Å². The maximum Gasteiger partial charge on any atom is 0.466 e. The highest BCUT2D eigenvalue weighted by molar-refractivity contribution is 7.53. The molecule has 0 fully saturated rings. The molecule has 2 N–H and O–H groups in total. The number of hydrogen-bond donors (Lipinski definition) is 2. The molecule has 0 saturated heterocycles. The van der Waals surface area contributed by atoms with Crippen molar-refractivity contribution >= 4 is 32.4 Å². The lowest BCUT2D eigenvalue weighted by Gasteiger charge is -2.19. The summed E-state index contributed by atoms with van der Waals surface area (Å²) in [5.41, 5.74) is -5.96. The second-order valence-electron chi connectivity index (χ2n) is 1.58. The Morgan fingerprint density at radius 3 is 1.15 bits per heavy atom. The molecule has 0 aliphatic rings. The van der Waals surface area contributed by atoms with E-state index in [2.05, 4.69) is 0 Å². The van der Waals surface area contributed by atoms with Gasteiger partial charge in [0.15, 0.2) is 0 Å². The normalized spacial score (nSPS) is 12.8. The van der Waals surface area contributed by atoms with Crippen molar-refractivity contribution < 1.29 is 36.3 Å². The fourth-order valence-electron chi connectivity index (χ4n) is 0.165. The maximum atomic E-state index is 11.5. The number of rotatable bonds is 1. The van der Waals surface area contributed by atoms with Gasteiger partial charge in [-0.15, -0.1) is 24.8 Å². The van der Waals surface area contributed by atoms with E-state index in [0.717, 1.165) is 0 Å². The molecule has 0 atom stereocenters. The largest absolute Gasteiger partial charge is 0.466 e. The van der Waals surface area contributed by atoms with E-state index in [-0.39, 0.29) is 24.8 Å². The molecule has 0 unspecified atom stereocenters. The van der Waals surface area contributed by atoms with E-state index in [1.165, 1.54) is 0 Å². The van der Waals surface area contributed by atoms with E-state index < -0.39 is 19.4 Å². The summed E-state index contributed by atoms with van der Waals surface area (Å²) in [4.78, 5) is 15.0. The molecule has 0 aliphatic heterocycles. The Morgan fingerprint density at radius 2 is 1.15 bits per heavy atom. The minimum atomic E-state index is -6.45. The summed E-state index contributed by atoms with van der Waals surface area (Å²) >= 11 is 0. The number of hydrogen-bond acceptors (Lipinski definition) is 1. The Kier molecular flexibility index (Phi) is 6.95. The molecule has 0 bridgehead atoms. The topological polar surface area (TPSA) is 57.5 Å². The van der Waals surface area contributed by atoms with Crippen LogP contribution in [0, 0.1) is 0 Å². The van der Waals surface area contributed by atoms with Gasteiger partial charge in [-0.25, -0.2) is 0 Å². The smallest absolute Gasteiger partial charge is 0.320 e. The summed E-state index contributed by atoms with van der Waals surface area (Å²) in [7, 11) is -6.45. The fraction of sp³-hybridized carbons (Fsp3) is 1.00. The zero-order valence-electron chi connectivity index (χ0n) is 5.46. The molecule has 0 amide bonds. The average Bonchev–Trinajstić information content (AvgIpc) is 1.58. The van der Waals surface area contributed by atoms with E-state index in [9.17, 15) is 26.5 Å². The molecular weight excluding hydrogens is 269 g/mol. The second-order valence-corrected chi connectivity index (χ2v) is 3.23. The van der Waals surface area contributed by atoms with Crippen LogP contribution in [0.15, 0.2) is 0 Å². The van der Waals surface area contributed by atoms with Crippen LogP contribution >= 0.6 is 32.4 Å². The van der Waals surface area contributed by atoms with Crippen LogP contribution in [-0.4, -0.2) is 21.6 Å². The third-order valence-electron chi connectivity index (χ3n) is 0.707. The molecule has 0 aromatic carbocycles. The first-order chi connectivity index (χ1) is 4.50. The van der Waals surface area contributed by atoms with Crippen LogP contribution in [0.25, 0.3) is 0 Å². The molecular formula is C2H4Cl2F5O3P. The van der Waals surface area contributed by atoms with Crippen LogP contribution < -0.4 is 0 Å². The van der Waals surface area contributed by atoms with Gasteiger partial charge in [-0.05, 0) is 0 Å². The van der Waals surface area contributed by atoms with Gasteiger partial charge in [-0.1, -0.05) is 0 Å². The molecule has 84 valence electrons. The molecule has 0 aliphatic carbocycles. The van der Waals surface area contributed by atoms with Crippen molar-refractivity contribution in [1.29, 1.82) is 0 Å². The van der Waals surface area contributed by atoms with Crippen LogP contribution in [0.2, 0.25) is 0 Å². The van der Waals surface area contributed by atoms with Crippen molar-refractivity contribution in [2.75, 3.05) is 0 Å². The molecule has 0 rings (SSSR count). The van der Waals surface area contributed by atoms with Crippen LogP contribution in [0.5, 0.6) is 0 Å². The van der Waals surface area contributed by atoms with Gasteiger partial charge >= 0.3 is 19.4 Å². The summed E-state index contributed by atoms with van der Waals surface area (Å²) in [6.07, 6.45) is -6.22. The monoisotopic (exact) mass is 272 g/mol. The highest BCUT2D eigenvalue weighted by Crippen LogP contribution is 2.60. The molecule has 0 radical (unpaired) electrons. The Labute approximate surface area is 81.3 Å². The fourth-order valence-corrected chi connectivity index (χ4v) is 0.495. The van der Waals surface area contributed by atoms with Crippen molar-refractivity contribution in [2.45, 2.75) is 11.8 Å². The molecule has 0 aromatic rings. The Balaban J connectivity index is -0.000000500. The Bertz CT molecular complexity index is 198. The Morgan fingerprint density at radius 1 is 0.923 bits per heavy atom. The van der Waals surface area contributed by atoms with Gasteiger partial charge in [-0.2, -0.15) is 22.0 Å². The standard InChI is InChI=1S/C2H2F5O3P.2ClH/c3-1(4,5)2(6,7)11(8,9)10;;/h(H2,8,9,10);2*1H.